The number of ether oxygens (including phenoxy) is 1. The summed E-state index contributed by atoms with van der Waals surface area (Å²) in [6.45, 7) is 0. The summed E-state index contributed by atoms with van der Waals surface area (Å²) < 4.78 is 5.69. The van der Waals surface area contributed by atoms with Crippen molar-refractivity contribution in [3.63, 3.8) is 0 Å². The lowest BCUT2D eigenvalue weighted by Crippen LogP contribution is -2.23. The van der Waals surface area contributed by atoms with Gasteiger partial charge >= 0.3 is 5.97 Å². The van der Waals surface area contributed by atoms with Gasteiger partial charge in [0, 0.05) is 16.9 Å². The number of hydrogen-bond donors (Lipinski definition) is 0. The third kappa shape index (κ3) is 2.36. The van der Waals surface area contributed by atoms with E-state index in [1.165, 1.54) is 0 Å². The standard InChI is InChI=1S/C20H15NO2/c22-20-18-14-8-7-13-17(18)19(23-20)21(15-9-3-1-4-10-15)16-11-5-2-6-12-16/h1-14,19H. The zero-order valence-electron chi connectivity index (χ0n) is 12.4. The van der Waals surface area contributed by atoms with Gasteiger partial charge in [-0.25, -0.2) is 4.79 Å². The monoisotopic (exact) mass is 301 g/mol. The molecule has 0 aromatic heterocycles. The molecule has 1 heterocycles. The number of esters is 1. The molecule has 23 heavy (non-hydrogen) atoms. The fourth-order valence-electron chi connectivity index (χ4n) is 2.92. The van der Waals surface area contributed by atoms with Crippen LogP contribution in [0.25, 0.3) is 0 Å². The number of fused-ring (bicyclic) bond motifs is 1. The van der Waals surface area contributed by atoms with E-state index < -0.39 is 6.23 Å². The smallest absolute Gasteiger partial charge is 0.340 e. The number of anilines is 2. The predicted molar refractivity (Wildman–Crippen MR) is 89.6 cm³/mol. The molecule has 3 nitrogen and oxygen atoms in total. The minimum Gasteiger partial charge on any atom is -0.433 e. The first kappa shape index (κ1) is 13.6. The van der Waals surface area contributed by atoms with Gasteiger partial charge in [-0.1, -0.05) is 54.6 Å². The Bertz CT molecular complexity index is 791. The molecule has 0 saturated heterocycles. The highest BCUT2D eigenvalue weighted by atomic mass is 16.6. The second kappa shape index (κ2) is 5.61. The molecule has 0 amide bonds. The number of para-hydroxylation sites is 2. The minimum atomic E-state index is -0.455. The summed E-state index contributed by atoms with van der Waals surface area (Å²) in [5.41, 5.74) is 3.49. The summed E-state index contributed by atoms with van der Waals surface area (Å²) in [5.74, 6) is -0.275. The third-order valence-electron chi connectivity index (χ3n) is 3.97. The molecule has 0 N–H and O–H groups in total. The highest BCUT2D eigenvalue weighted by molar-refractivity contribution is 5.94. The SMILES string of the molecule is O=C1OC(N(c2ccccc2)c2ccccc2)c2ccccc21. The molecule has 1 aliphatic heterocycles. The largest absolute Gasteiger partial charge is 0.433 e. The Kier molecular flexibility index (Phi) is 3.31. The van der Waals surface area contributed by atoms with Gasteiger partial charge in [0.25, 0.3) is 0 Å². The molecule has 0 saturated carbocycles. The van der Waals surface area contributed by atoms with Crippen LogP contribution in [0.2, 0.25) is 0 Å². The summed E-state index contributed by atoms with van der Waals surface area (Å²) in [6.07, 6.45) is -0.455. The molecule has 0 radical (unpaired) electrons. The van der Waals surface area contributed by atoms with Crippen molar-refractivity contribution in [3.05, 3.63) is 96.1 Å². The molecule has 112 valence electrons. The summed E-state index contributed by atoms with van der Waals surface area (Å²) in [4.78, 5) is 14.2. The Balaban J connectivity index is 1.86. The minimum absolute atomic E-state index is 0.275. The van der Waals surface area contributed by atoms with Crippen LogP contribution in [0.5, 0.6) is 0 Å². The van der Waals surface area contributed by atoms with Crippen LogP contribution in [-0.2, 0) is 4.74 Å². The molecule has 1 atom stereocenters. The average Bonchev–Trinajstić information content (AvgIpc) is 2.94. The van der Waals surface area contributed by atoms with E-state index in [4.69, 9.17) is 4.74 Å². The number of cyclic esters (lactones) is 1. The lowest BCUT2D eigenvalue weighted by atomic mass is 10.1. The zero-order valence-corrected chi connectivity index (χ0v) is 12.4. The van der Waals surface area contributed by atoms with Crippen LogP contribution in [0.4, 0.5) is 11.4 Å². The second-order valence-electron chi connectivity index (χ2n) is 5.39. The molecule has 0 spiro atoms. The van der Waals surface area contributed by atoms with Crippen molar-refractivity contribution >= 4 is 17.3 Å². The van der Waals surface area contributed by atoms with Crippen molar-refractivity contribution < 1.29 is 9.53 Å². The van der Waals surface area contributed by atoms with E-state index in [0.717, 1.165) is 16.9 Å². The fourth-order valence-corrected chi connectivity index (χ4v) is 2.92. The molecule has 1 aliphatic rings. The summed E-state index contributed by atoms with van der Waals surface area (Å²) in [6, 6.07) is 27.5. The van der Waals surface area contributed by atoms with Crippen LogP contribution in [0.1, 0.15) is 22.1 Å². The van der Waals surface area contributed by atoms with E-state index in [1.807, 2.05) is 89.8 Å². The van der Waals surface area contributed by atoms with Gasteiger partial charge in [0.2, 0.25) is 6.23 Å². The van der Waals surface area contributed by atoms with E-state index in [-0.39, 0.29) is 5.97 Å². The van der Waals surface area contributed by atoms with Crippen LogP contribution in [-0.4, -0.2) is 5.97 Å². The first-order valence-electron chi connectivity index (χ1n) is 7.54. The number of hydrogen-bond acceptors (Lipinski definition) is 3. The van der Waals surface area contributed by atoms with Crippen molar-refractivity contribution in [1.82, 2.24) is 0 Å². The lowest BCUT2D eigenvalue weighted by Gasteiger charge is -2.30. The first-order valence-corrected chi connectivity index (χ1v) is 7.54. The van der Waals surface area contributed by atoms with Gasteiger partial charge in [-0.2, -0.15) is 0 Å². The van der Waals surface area contributed by atoms with Crippen molar-refractivity contribution in [2.24, 2.45) is 0 Å². The van der Waals surface area contributed by atoms with Crippen molar-refractivity contribution in [1.29, 1.82) is 0 Å². The van der Waals surface area contributed by atoms with Crippen molar-refractivity contribution in [2.45, 2.75) is 6.23 Å². The Morgan fingerprint density at radius 1 is 0.696 bits per heavy atom. The van der Waals surface area contributed by atoms with Gasteiger partial charge in [-0.3, -0.25) is 0 Å². The summed E-state index contributed by atoms with van der Waals surface area (Å²) in [7, 11) is 0. The zero-order chi connectivity index (χ0) is 15.6. The first-order chi connectivity index (χ1) is 11.3. The number of benzene rings is 3. The maximum Gasteiger partial charge on any atom is 0.340 e. The predicted octanol–water partition coefficient (Wildman–Crippen LogP) is 4.69. The maximum atomic E-state index is 12.2. The third-order valence-corrected chi connectivity index (χ3v) is 3.97. The maximum absolute atomic E-state index is 12.2. The van der Waals surface area contributed by atoms with E-state index >= 15 is 0 Å². The molecule has 0 bridgehead atoms. The quantitative estimate of drug-likeness (QED) is 0.657. The van der Waals surface area contributed by atoms with E-state index in [2.05, 4.69) is 0 Å². The second-order valence-corrected chi connectivity index (χ2v) is 5.39. The highest BCUT2D eigenvalue weighted by Crippen LogP contribution is 2.40. The van der Waals surface area contributed by atoms with Crippen molar-refractivity contribution in [2.75, 3.05) is 4.90 Å². The number of carbonyl (C=O) groups excluding carboxylic acids is 1. The Morgan fingerprint density at radius 2 is 1.22 bits per heavy atom. The molecule has 0 aliphatic carbocycles. The van der Waals surface area contributed by atoms with Crippen LogP contribution < -0.4 is 4.90 Å². The molecule has 3 aromatic rings. The Hall–Kier alpha value is -3.07. The molecular weight excluding hydrogens is 286 g/mol. The molecule has 1 unspecified atom stereocenters. The normalized spacial score (nSPS) is 15.8. The molecular formula is C20H15NO2. The van der Waals surface area contributed by atoms with Crippen LogP contribution >= 0.6 is 0 Å². The van der Waals surface area contributed by atoms with Crippen LogP contribution in [0, 0.1) is 0 Å². The molecule has 4 rings (SSSR count). The Morgan fingerprint density at radius 3 is 1.83 bits per heavy atom. The van der Waals surface area contributed by atoms with Gasteiger partial charge in [0.15, 0.2) is 0 Å². The van der Waals surface area contributed by atoms with Crippen LogP contribution in [0.3, 0.4) is 0 Å². The topological polar surface area (TPSA) is 29.5 Å². The molecule has 3 heteroatoms. The summed E-state index contributed by atoms with van der Waals surface area (Å²) in [5, 5.41) is 0. The number of rotatable bonds is 3. The van der Waals surface area contributed by atoms with E-state index in [9.17, 15) is 4.79 Å². The number of carbonyl (C=O) groups is 1. The van der Waals surface area contributed by atoms with Gasteiger partial charge < -0.3 is 9.64 Å². The average molecular weight is 301 g/mol. The van der Waals surface area contributed by atoms with Gasteiger partial charge in [-0.15, -0.1) is 0 Å². The lowest BCUT2D eigenvalue weighted by molar-refractivity contribution is 0.0399. The summed E-state index contributed by atoms with van der Waals surface area (Å²) >= 11 is 0. The molecule has 0 fully saturated rings. The molecule has 3 aromatic carbocycles. The highest BCUT2D eigenvalue weighted by Gasteiger charge is 2.35. The Labute approximate surface area is 134 Å². The van der Waals surface area contributed by atoms with Gasteiger partial charge in [0.1, 0.15) is 0 Å². The van der Waals surface area contributed by atoms with Crippen molar-refractivity contribution in [3.8, 4) is 0 Å². The van der Waals surface area contributed by atoms with E-state index in [1.54, 1.807) is 0 Å². The van der Waals surface area contributed by atoms with Crippen LogP contribution in [0.15, 0.2) is 84.9 Å². The fraction of sp³-hybridized carbons (Fsp3) is 0.0500. The van der Waals surface area contributed by atoms with E-state index in [0.29, 0.717) is 5.56 Å². The van der Waals surface area contributed by atoms with Gasteiger partial charge in [-0.05, 0) is 30.3 Å². The van der Waals surface area contributed by atoms with Gasteiger partial charge in [0.05, 0.1) is 5.56 Å². The number of nitrogens with zero attached hydrogens (tertiary/aromatic N) is 1.